The summed E-state index contributed by atoms with van der Waals surface area (Å²) in [6.07, 6.45) is 2.88. The average molecular weight is 331 g/mol. The van der Waals surface area contributed by atoms with Crippen LogP contribution in [0.1, 0.15) is 6.92 Å². The van der Waals surface area contributed by atoms with Crippen LogP contribution in [-0.4, -0.2) is 29.3 Å². The number of imidazole rings is 1. The van der Waals surface area contributed by atoms with E-state index < -0.39 is 10.0 Å². The van der Waals surface area contributed by atoms with Gasteiger partial charge in [0.25, 0.3) is 10.0 Å². The van der Waals surface area contributed by atoms with Crippen LogP contribution in [0.3, 0.4) is 0 Å². The fraction of sp³-hybridized carbons (Fsp3) is 0.0714. The SMILES string of the molecule is CC(=O)Nc1ccc(S(=O)(=O)Nc2cnc3nc[nH]c3c2)cc1. The number of carbonyl (C=O) groups is 1. The predicted molar refractivity (Wildman–Crippen MR) is 85.4 cm³/mol. The monoisotopic (exact) mass is 331 g/mol. The van der Waals surface area contributed by atoms with Gasteiger partial charge >= 0.3 is 0 Å². The summed E-state index contributed by atoms with van der Waals surface area (Å²) in [6.45, 7) is 1.38. The number of rotatable bonds is 4. The summed E-state index contributed by atoms with van der Waals surface area (Å²) in [4.78, 5) is 21.9. The Kier molecular flexibility index (Phi) is 3.70. The zero-order chi connectivity index (χ0) is 16.4. The van der Waals surface area contributed by atoms with Gasteiger partial charge in [-0.3, -0.25) is 9.52 Å². The number of fused-ring (bicyclic) bond motifs is 1. The molecule has 0 unspecified atom stereocenters. The highest BCUT2D eigenvalue weighted by molar-refractivity contribution is 7.92. The van der Waals surface area contributed by atoms with Crippen molar-refractivity contribution in [3.8, 4) is 0 Å². The molecule has 2 aromatic heterocycles. The summed E-state index contributed by atoms with van der Waals surface area (Å²) in [5.41, 5.74) is 1.99. The van der Waals surface area contributed by atoms with E-state index in [0.29, 0.717) is 22.5 Å². The van der Waals surface area contributed by atoms with Crippen molar-refractivity contribution < 1.29 is 13.2 Å². The van der Waals surface area contributed by atoms with Crippen LogP contribution < -0.4 is 10.0 Å². The van der Waals surface area contributed by atoms with Crippen molar-refractivity contribution in [1.29, 1.82) is 0 Å². The van der Waals surface area contributed by atoms with Crippen LogP contribution in [-0.2, 0) is 14.8 Å². The molecular formula is C14H13N5O3S. The number of anilines is 2. The van der Waals surface area contributed by atoms with Crippen molar-refractivity contribution in [1.82, 2.24) is 15.0 Å². The van der Waals surface area contributed by atoms with Crippen LogP contribution in [0.4, 0.5) is 11.4 Å². The van der Waals surface area contributed by atoms with E-state index >= 15 is 0 Å². The zero-order valence-corrected chi connectivity index (χ0v) is 12.9. The number of pyridine rings is 1. The molecule has 0 aliphatic carbocycles. The number of carbonyl (C=O) groups excluding carboxylic acids is 1. The van der Waals surface area contributed by atoms with Gasteiger partial charge in [-0.15, -0.1) is 0 Å². The highest BCUT2D eigenvalue weighted by Gasteiger charge is 2.15. The molecule has 1 aromatic carbocycles. The molecule has 3 N–H and O–H groups in total. The van der Waals surface area contributed by atoms with Crippen molar-refractivity contribution in [2.24, 2.45) is 0 Å². The van der Waals surface area contributed by atoms with E-state index in [2.05, 4.69) is 25.0 Å². The maximum Gasteiger partial charge on any atom is 0.261 e. The topological polar surface area (TPSA) is 117 Å². The summed E-state index contributed by atoms with van der Waals surface area (Å²) in [5, 5.41) is 2.58. The van der Waals surface area contributed by atoms with Crippen molar-refractivity contribution >= 4 is 38.5 Å². The zero-order valence-electron chi connectivity index (χ0n) is 12.1. The molecule has 3 aromatic rings. The highest BCUT2D eigenvalue weighted by atomic mass is 32.2. The first-order valence-electron chi connectivity index (χ1n) is 6.64. The number of benzene rings is 1. The van der Waals surface area contributed by atoms with Gasteiger partial charge in [-0.2, -0.15) is 0 Å². The third-order valence-electron chi connectivity index (χ3n) is 3.01. The smallest absolute Gasteiger partial charge is 0.261 e. The maximum atomic E-state index is 12.4. The van der Waals surface area contributed by atoms with Crippen molar-refractivity contribution in [3.63, 3.8) is 0 Å². The lowest BCUT2D eigenvalue weighted by molar-refractivity contribution is -0.114. The molecule has 0 fully saturated rings. The number of aromatic nitrogens is 3. The normalized spacial score (nSPS) is 11.3. The minimum Gasteiger partial charge on any atom is -0.343 e. The van der Waals surface area contributed by atoms with Crippen LogP contribution in [0.2, 0.25) is 0 Å². The van der Waals surface area contributed by atoms with Crippen LogP contribution >= 0.6 is 0 Å². The van der Waals surface area contributed by atoms with Crippen molar-refractivity contribution in [2.45, 2.75) is 11.8 Å². The summed E-state index contributed by atoms with van der Waals surface area (Å²) in [5.74, 6) is -0.224. The van der Waals surface area contributed by atoms with Crippen LogP contribution in [0.25, 0.3) is 11.2 Å². The first kappa shape index (κ1) is 15.0. The molecule has 0 aliphatic rings. The number of aromatic amines is 1. The lowest BCUT2D eigenvalue weighted by Crippen LogP contribution is -2.13. The quantitative estimate of drug-likeness (QED) is 0.673. The molecule has 3 rings (SSSR count). The number of nitrogens with zero attached hydrogens (tertiary/aromatic N) is 2. The number of amides is 1. The lowest BCUT2D eigenvalue weighted by Gasteiger charge is -2.08. The minimum atomic E-state index is -3.75. The molecule has 0 bridgehead atoms. The maximum absolute atomic E-state index is 12.4. The van der Waals surface area contributed by atoms with Gasteiger partial charge in [0.05, 0.1) is 28.6 Å². The molecule has 2 heterocycles. The molecule has 8 nitrogen and oxygen atoms in total. The van der Waals surface area contributed by atoms with E-state index in [-0.39, 0.29) is 10.8 Å². The molecule has 23 heavy (non-hydrogen) atoms. The second-order valence-corrected chi connectivity index (χ2v) is 6.49. The van der Waals surface area contributed by atoms with Crippen LogP contribution in [0, 0.1) is 0 Å². The molecule has 0 aliphatic heterocycles. The third kappa shape index (κ3) is 3.29. The minimum absolute atomic E-state index is 0.0799. The number of H-pyrrole nitrogens is 1. The Labute approximate surface area is 132 Å². The van der Waals surface area contributed by atoms with Gasteiger partial charge in [0.15, 0.2) is 5.65 Å². The van der Waals surface area contributed by atoms with Gasteiger partial charge in [0.2, 0.25) is 5.91 Å². The van der Waals surface area contributed by atoms with E-state index in [1.54, 1.807) is 6.07 Å². The Hall–Kier alpha value is -2.94. The molecular weight excluding hydrogens is 318 g/mol. The Morgan fingerprint density at radius 2 is 1.87 bits per heavy atom. The molecule has 9 heteroatoms. The first-order valence-corrected chi connectivity index (χ1v) is 8.12. The van der Waals surface area contributed by atoms with Crippen LogP contribution in [0.5, 0.6) is 0 Å². The van der Waals surface area contributed by atoms with E-state index in [1.165, 1.54) is 43.7 Å². The fourth-order valence-electron chi connectivity index (χ4n) is 2.02. The predicted octanol–water partition coefficient (Wildman–Crippen LogP) is 1.72. The molecule has 118 valence electrons. The standard InChI is InChI=1S/C14H13N5O3S/c1-9(20)18-10-2-4-12(5-3-10)23(21,22)19-11-6-13-14(15-7-11)17-8-16-13/h2-8,19H,1H3,(H,18,20)(H,15,16,17). The second-order valence-electron chi connectivity index (χ2n) is 4.81. The average Bonchev–Trinajstić information content (AvgIpc) is 2.94. The largest absolute Gasteiger partial charge is 0.343 e. The number of hydrogen-bond donors (Lipinski definition) is 3. The molecule has 0 atom stereocenters. The van der Waals surface area contributed by atoms with Gasteiger partial charge in [0.1, 0.15) is 0 Å². The molecule has 1 amide bonds. The molecule has 0 saturated carbocycles. The summed E-state index contributed by atoms with van der Waals surface area (Å²) >= 11 is 0. The number of sulfonamides is 1. The van der Waals surface area contributed by atoms with Crippen molar-refractivity contribution in [3.05, 3.63) is 42.9 Å². The van der Waals surface area contributed by atoms with E-state index in [0.717, 1.165) is 0 Å². The summed E-state index contributed by atoms with van der Waals surface area (Å²) < 4.78 is 27.2. The van der Waals surface area contributed by atoms with Gasteiger partial charge in [-0.1, -0.05) is 0 Å². The van der Waals surface area contributed by atoms with Gasteiger partial charge in [-0.05, 0) is 30.3 Å². The van der Waals surface area contributed by atoms with Gasteiger partial charge in [-0.25, -0.2) is 18.4 Å². The second kappa shape index (κ2) is 5.69. The first-order chi connectivity index (χ1) is 10.9. The molecule has 0 spiro atoms. The van der Waals surface area contributed by atoms with Gasteiger partial charge in [0, 0.05) is 12.6 Å². The van der Waals surface area contributed by atoms with Gasteiger partial charge < -0.3 is 10.3 Å². The molecule has 0 radical (unpaired) electrons. The fourth-order valence-corrected chi connectivity index (χ4v) is 3.05. The van der Waals surface area contributed by atoms with Crippen molar-refractivity contribution in [2.75, 3.05) is 10.0 Å². The summed E-state index contributed by atoms with van der Waals surface area (Å²) in [6, 6.07) is 7.47. The van der Waals surface area contributed by atoms with E-state index in [9.17, 15) is 13.2 Å². The van der Waals surface area contributed by atoms with Crippen LogP contribution in [0.15, 0.2) is 47.8 Å². The Balaban J connectivity index is 1.84. The Bertz CT molecular complexity index is 964. The molecule has 0 saturated heterocycles. The number of hydrogen-bond acceptors (Lipinski definition) is 5. The number of nitrogens with one attached hydrogen (secondary N) is 3. The van der Waals surface area contributed by atoms with E-state index in [4.69, 9.17) is 0 Å². The Morgan fingerprint density at radius 3 is 2.57 bits per heavy atom. The lowest BCUT2D eigenvalue weighted by atomic mass is 10.3. The highest BCUT2D eigenvalue weighted by Crippen LogP contribution is 2.19. The third-order valence-corrected chi connectivity index (χ3v) is 4.41. The summed E-state index contributed by atoms with van der Waals surface area (Å²) in [7, 11) is -3.75. The Morgan fingerprint density at radius 1 is 1.13 bits per heavy atom. The van der Waals surface area contributed by atoms with E-state index in [1.807, 2.05) is 0 Å².